The van der Waals surface area contributed by atoms with Crippen LogP contribution in [0, 0.1) is 0 Å². The van der Waals surface area contributed by atoms with Crippen LogP contribution < -0.4 is 10.6 Å². The highest BCUT2D eigenvalue weighted by Crippen LogP contribution is 2.24. The Kier molecular flexibility index (Phi) is 8.05. The van der Waals surface area contributed by atoms with Crippen LogP contribution in [0.2, 0.25) is 0 Å². The maximum Gasteiger partial charge on any atom is 0.338 e. The normalized spacial score (nSPS) is 20.1. The number of nitrogens with one attached hydrogen (secondary N) is 2. The van der Waals surface area contributed by atoms with Crippen LogP contribution >= 0.6 is 0 Å². The van der Waals surface area contributed by atoms with E-state index in [0.717, 1.165) is 24.8 Å². The van der Waals surface area contributed by atoms with Crippen LogP contribution in [0.15, 0.2) is 24.3 Å². The van der Waals surface area contributed by atoms with Gasteiger partial charge in [0, 0.05) is 24.7 Å². The Morgan fingerprint density at radius 1 is 1.07 bits per heavy atom. The third-order valence-corrected chi connectivity index (χ3v) is 5.14. The third kappa shape index (κ3) is 6.48. The van der Waals surface area contributed by atoms with Gasteiger partial charge >= 0.3 is 12.0 Å². The number of carbonyl (C=O) groups excluding carboxylic acids is 3. The second-order valence-electron chi connectivity index (χ2n) is 8.10. The number of amides is 3. The lowest BCUT2D eigenvalue weighted by molar-refractivity contribution is -0.146. The van der Waals surface area contributed by atoms with Gasteiger partial charge in [-0.2, -0.15) is 0 Å². The third-order valence-electron chi connectivity index (χ3n) is 5.14. The Balaban J connectivity index is 1.89. The standard InChI is InChI=1S/C22H33N3O4/c1-14(2)24-22(28)23-13-18-9-11-19(12-10-18)21(27)29-17(5)20(26)25-15(3)7-6-8-16(25)4/h9-12,14-17H,6-8,13H2,1-5H3,(H2,23,24,28)/t15-,16-,17-/m1/s1. The van der Waals surface area contributed by atoms with E-state index in [2.05, 4.69) is 10.6 Å². The number of rotatable bonds is 6. The fourth-order valence-electron chi connectivity index (χ4n) is 3.60. The number of urea groups is 1. The number of hydrogen-bond donors (Lipinski definition) is 2. The second kappa shape index (κ2) is 10.3. The van der Waals surface area contributed by atoms with Crippen molar-refractivity contribution in [3.05, 3.63) is 35.4 Å². The zero-order chi connectivity index (χ0) is 21.6. The summed E-state index contributed by atoms with van der Waals surface area (Å²) in [7, 11) is 0. The first-order valence-corrected chi connectivity index (χ1v) is 10.4. The average Bonchev–Trinajstić information content (AvgIpc) is 2.66. The molecule has 0 spiro atoms. The summed E-state index contributed by atoms with van der Waals surface area (Å²) < 4.78 is 5.42. The molecule has 3 atom stereocenters. The summed E-state index contributed by atoms with van der Waals surface area (Å²) in [6.45, 7) is 9.83. The fourth-order valence-corrected chi connectivity index (χ4v) is 3.60. The first-order valence-electron chi connectivity index (χ1n) is 10.4. The topological polar surface area (TPSA) is 87.7 Å². The molecule has 2 rings (SSSR count). The van der Waals surface area contributed by atoms with Gasteiger partial charge in [-0.15, -0.1) is 0 Å². The number of ether oxygens (including phenoxy) is 1. The highest BCUT2D eigenvalue weighted by Gasteiger charge is 2.33. The summed E-state index contributed by atoms with van der Waals surface area (Å²) in [6.07, 6.45) is 2.23. The summed E-state index contributed by atoms with van der Waals surface area (Å²) in [5.74, 6) is -0.671. The number of likely N-dealkylation sites (tertiary alicyclic amines) is 1. The minimum atomic E-state index is -0.827. The van der Waals surface area contributed by atoms with E-state index in [9.17, 15) is 14.4 Å². The monoisotopic (exact) mass is 403 g/mol. The molecule has 0 bridgehead atoms. The zero-order valence-electron chi connectivity index (χ0n) is 18.0. The summed E-state index contributed by atoms with van der Waals surface area (Å²) >= 11 is 0. The molecule has 160 valence electrons. The Labute approximate surface area is 173 Å². The maximum atomic E-state index is 12.8. The van der Waals surface area contributed by atoms with E-state index in [0.29, 0.717) is 12.1 Å². The van der Waals surface area contributed by atoms with Crippen molar-refractivity contribution in [2.45, 2.75) is 84.7 Å². The zero-order valence-corrected chi connectivity index (χ0v) is 18.0. The van der Waals surface area contributed by atoms with Crippen LogP contribution in [-0.4, -0.2) is 47.0 Å². The van der Waals surface area contributed by atoms with Crippen molar-refractivity contribution < 1.29 is 19.1 Å². The summed E-state index contributed by atoms with van der Waals surface area (Å²) in [6, 6.07) is 6.94. The molecule has 1 fully saturated rings. The smallest absolute Gasteiger partial charge is 0.338 e. The first-order chi connectivity index (χ1) is 13.7. The number of hydrogen-bond acceptors (Lipinski definition) is 4. The molecule has 1 aromatic rings. The van der Waals surface area contributed by atoms with E-state index in [1.807, 2.05) is 32.6 Å². The van der Waals surface area contributed by atoms with Gasteiger partial charge in [-0.1, -0.05) is 12.1 Å². The molecule has 0 saturated carbocycles. The molecule has 1 aliphatic rings. The molecule has 7 nitrogen and oxygen atoms in total. The number of benzene rings is 1. The molecule has 1 aliphatic heterocycles. The van der Waals surface area contributed by atoms with E-state index in [1.54, 1.807) is 31.2 Å². The fraction of sp³-hybridized carbons (Fsp3) is 0.591. The van der Waals surface area contributed by atoms with Crippen molar-refractivity contribution in [2.75, 3.05) is 0 Å². The van der Waals surface area contributed by atoms with E-state index in [-0.39, 0.29) is 30.1 Å². The first kappa shape index (κ1) is 22.7. The van der Waals surface area contributed by atoms with Crippen molar-refractivity contribution in [3.8, 4) is 0 Å². The average molecular weight is 404 g/mol. The van der Waals surface area contributed by atoms with Crippen molar-refractivity contribution >= 4 is 17.9 Å². The SMILES string of the molecule is CC(C)NC(=O)NCc1ccc(C(=O)O[C@H](C)C(=O)N2[C@H](C)CCC[C@H]2C)cc1. The van der Waals surface area contributed by atoms with Gasteiger partial charge in [0.1, 0.15) is 0 Å². The maximum absolute atomic E-state index is 12.8. The predicted octanol–water partition coefficient (Wildman–Crippen LogP) is 3.23. The summed E-state index contributed by atoms with van der Waals surface area (Å²) in [4.78, 5) is 38.7. The van der Waals surface area contributed by atoms with Crippen molar-refractivity contribution in [1.29, 1.82) is 0 Å². The van der Waals surface area contributed by atoms with Gasteiger partial charge in [0.05, 0.1) is 5.56 Å². The predicted molar refractivity (Wildman–Crippen MR) is 111 cm³/mol. The van der Waals surface area contributed by atoms with Crippen LogP contribution in [0.25, 0.3) is 0 Å². The molecule has 7 heteroatoms. The van der Waals surface area contributed by atoms with Gasteiger partial charge in [-0.3, -0.25) is 4.79 Å². The molecule has 1 aromatic carbocycles. The van der Waals surface area contributed by atoms with Crippen LogP contribution in [0.4, 0.5) is 4.79 Å². The molecule has 1 heterocycles. The second-order valence-corrected chi connectivity index (χ2v) is 8.10. The van der Waals surface area contributed by atoms with E-state index in [4.69, 9.17) is 4.74 Å². The Bertz CT molecular complexity index is 707. The van der Waals surface area contributed by atoms with Gasteiger partial charge in [0.15, 0.2) is 6.10 Å². The number of carbonyl (C=O) groups is 3. The highest BCUT2D eigenvalue weighted by molar-refractivity contribution is 5.92. The molecule has 29 heavy (non-hydrogen) atoms. The van der Waals surface area contributed by atoms with Crippen molar-refractivity contribution in [1.82, 2.24) is 15.5 Å². The van der Waals surface area contributed by atoms with Gasteiger partial charge < -0.3 is 20.3 Å². The number of piperidine rings is 1. The summed E-state index contributed by atoms with van der Waals surface area (Å²) in [5.41, 5.74) is 1.24. The van der Waals surface area contributed by atoms with Crippen LogP contribution in [0.5, 0.6) is 0 Å². The van der Waals surface area contributed by atoms with Crippen LogP contribution in [0.1, 0.15) is 69.8 Å². The molecule has 0 radical (unpaired) electrons. The highest BCUT2D eigenvalue weighted by atomic mass is 16.5. The quantitative estimate of drug-likeness (QED) is 0.714. The van der Waals surface area contributed by atoms with Gasteiger partial charge in [-0.05, 0) is 71.6 Å². The molecule has 0 unspecified atom stereocenters. The van der Waals surface area contributed by atoms with Crippen LogP contribution in [-0.2, 0) is 16.1 Å². The molecule has 2 N–H and O–H groups in total. The van der Waals surface area contributed by atoms with E-state index >= 15 is 0 Å². The van der Waals surface area contributed by atoms with Crippen molar-refractivity contribution in [3.63, 3.8) is 0 Å². The molecule has 1 saturated heterocycles. The minimum absolute atomic E-state index is 0.0627. The van der Waals surface area contributed by atoms with Crippen molar-refractivity contribution in [2.24, 2.45) is 0 Å². The van der Waals surface area contributed by atoms with E-state index in [1.165, 1.54) is 0 Å². The number of esters is 1. The Morgan fingerprint density at radius 3 is 2.21 bits per heavy atom. The Morgan fingerprint density at radius 2 is 1.66 bits per heavy atom. The molecule has 3 amide bonds. The van der Waals surface area contributed by atoms with Gasteiger partial charge in [-0.25, -0.2) is 9.59 Å². The Hall–Kier alpha value is -2.57. The minimum Gasteiger partial charge on any atom is -0.449 e. The van der Waals surface area contributed by atoms with Gasteiger partial charge in [0.25, 0.3) is 5.91 Å². The molecular formula is C22H33N3O4. The lowest BCUT2D eigenvalue weighted by atomic mass is 9.97. The largest absolute Gasteiger partial charge is 0.449 e. The van der Waals surface area contributed by atoms with E-state index < -0.39 is 12.1 Å². The lowest BCUT2D eigenvalue weighted by Crippen LogP contribution is -2.51. The summed E-state index contributed by atoms with van der Waals surface area (Å²) in [5, 5.41) is 5.50. The molecule has 0 aromatic heterocycles. The molecular weight excluding hydrogens is 370 g/mol. The van der Waals surface area contributed by atoms with Gasteiger partial charge in [0.2, 0.25) is 0 Å². The number of nitrogens with zero attached hydrogens (tertiary/aromatic N) is 1. The lowest BCUT2D eigenvalue weighted by Gasteiger charge is -2.40. The van der Waals surface area contributed by atoms with Crippen LogP contribution in [0.3, 0.4) is 0 Å². The molecule has 0 aliphatic carbocycles.